The number of carbonyl (C=O) groups is 22. The minimum atomic E-state index is -2.11. The van der Waals surface area contributed by atoms with E-state index in [4.69, 9.17) is 49.0 Å². The van der Waals surface area contributed by atoms with E-state index in [-0.39, 0.29) is 54.1 Å². The molecule has 0 unspecified atom stereocenters. The zero-order valence-electron chi connectivity index (χ0n) is 88.6. The topological polar surface area (TPSA) is 674 Å². The van der Waals surface area contributed by atoms with E-state index >= 15 is 0 Å². The van der Waals surface area contributed by atoms with Gasteiger partial charge in [-0.15, -0.1) is 24.4 Å². The molecule has 0 bridgehead atoms. The van der Waals surface area contributed by atoms with E-state index in [0.29, 0.717) is 21.3 Å². The van der Waals surface area contributed by atoms with Gasteiger partial charge in [0.2, 0.25) is 88.6 Å². The fraction of sp³-hybridized carbons (Fsp3) is 0.653. The summed E-state index contributed by atoms with van der Waals surface area (Å²) in [6.45, 7) is 41.0. The molecule has 48 heteroatoms. The number of fused-ring (bicyclic) bond motifs is 3. The molecule has 0 saturated carbocycles. The number of furan rings is 1. The molecule has 13 atom stereocenters. The second-order valence-corrected chi connectivity index (χ2v) is 44.0. The molecule has 46 nitrogen and oxygen atoms in total. The molecule has 3 aromatic rings. The number of carbonyl (C=O) groups excluding carboxylic acids is 22. The van der Waals surface area contributed by atoms with Crippen LogP contribution in [0.15, 0.2) is 45.7 Å². The Hall–Kier alpha value is -12.9. The van der Waals surface area contributed by atoms with E-state index in [0.717, 1.165) is 25.6 Å². The summed E-state index contributed by atoms with van der Waals surface area (Å²) >= 11 is 5.54. The molecule has 2 aromatic carbocycles. The minimum Gasteiger partial charge on any atom is -0.460 e. The number of esters is 6. The fourth-order valence-electron chi connectivity index (χ4n) is 13.7. The number of ether oxygens (including phenoxy) is 7. The van der Waals surface area contributed by atoms with Crippen LogP contribution in [0.5, 0.6) is 5.75 Å². The van der Waals surface area contributed by atoms with Crippen LogP contribution in [0.4, 0.5) is 4.79 Å². The number of amides is 16. The minimum absolute atomic E-state index is 0.00545. The second-order valence-electron chi connectivity index (χ2n) is 42.5. The van der Waals surface area contributed by atoms with Gasteiger partial charge in [-0.05, 0) is 207 Å². The quantitative estimate of drug-likeness (QED) is 0.00945. The summed E-state index contributed by atoms with van der Waals surface area (Å²) in [6.07, 6.45) is -9.14. The maximum absolute atomic E-state index is 15.0. The summed E-state index contributed by atoms with van der Waals surface area (Å²) in [6, 6.07) is -13.2. The highest BCUT2D eigenvalue weighted by Crippen LogP contribution is 2.38. The molecule has 0 saturated heterocycles. The maximum Gasteiger partial charge on any atom is 0.408 e. The average Bonchev–Trinajstić information content (AvgIpc) is 1.61. The third-order valence-corrected chi connectivity index (χ3v) is 21.2. The lowest BCUT2D eigenvalue weighted by atomic mass is 10.0. The van der Waals surface area contributed by atoms with Gasteiger partial charge in [-0.1, -0.05) is 65.8 Å². The lowest BCUT2D eigenvalue weighted by molar-refractivity contribution is -0.157. The van der Waals surface area contributed by atoms with Gasteiger partial charge in [0, 0.05) is 47.6 Å². The van der Waals surface area contributed by atoms with E-state index in [1.807, 2.05) is 0 Å². The van der Waals surface area contributed by atoms with Crippen molar-refractivity contribution in [1.29, 1.82) is 0 Å². The first-order valence-corrected chi connectivity index (χ1v) is 49.6. The summed E-state index contributed by atoms with van der Waals surface area (Å²) in [5.74, 6) is -24.3. The number of thiol groups is 1. The normalized spacial score (nSPS) is 14.5. The molecule has 816 valence electrons. The van der Waals surface area contributed by atoms with Crippen LogP contribution in [-0.2, 0) is 129 Å². The fourth-order valence-corrected chi connectivity index (χ4v) is 14.9. The summed E-state index contributed by atoms with van der Waals surface area (Å²) < 4.78 is 44.9. The number of thioether (sulfide) groups is 1. The van der Waals surface area contributed by atoms with E-state index in [1.54, 1.807) is 134 Å². The van der Waals surface area contributed by atoms with E-state index in [9.17, 15) is 105 Å². The Kier molecular flexibility index (Phi) is 49.9. The molecule has 0 aliphatic carbocycles. The standard InChI is InChI=1S/C98H152N16O30S2/c1-49(2)40-60(109-83(127)59(36-39-73(119)140-94(13,14)15)105-87(131)62(43-71(100)117)111-85(129)61(41-50(3)4)110-90(134)67(47-146-48-101-54(9)115)114-92(136)144-98(25,26)27)86(130)112-63(44-74(120)141-95(16,17)18)84(128)103-53(8)80(124)107-64(45-75(121)142-96(19,20)21)88(132)106-58(35-38-72(118)139-93(10,11)12)82(126)104-57(34-37-70(99)116)81(125)102-52(7)79(123)108-65(46-76(122)143-97(22,23)24)89(133)113-66(42-51(5)6)91(135)137-68-32-28-30-55-56-31-29-33-69(145)78(56)138-77(55)68/h28-33,49-53,57-67,145H,34-48H2,1-27H3,(H2,99,116)(H2,100,117)(H,101,115)(H,102,125)(H,103,128)(H,104,126)(H,105,131)(H,106,132)(H,107,124)(H,108,123)(H,109,127)(H,110,134)(H,111,129)(H,112,130)(H,113,133)(H,114,136)/t52-,53-,57-,58-,59-,60-,61-,62-,63-,64-,65-,66-,67-/m0/s1. The third kappa shape index (κ3) is 49.8. The predicted molar refractivity (Wildman–Crippen MR) is 538 cm³/mol. The third-order valence-electron chi connectivity index (χ3n) is 19.9. The number of nitrogens with two attached hydrogens (primary N) is 2. The van der Waals surface area contributed by atoms with Crippen LogP contribution in [0.25, 0.3) is 21.9 Å². The largest absolute Gasteiger partial charge is 0.460 e. The Morgan fingerprint density at radius 2 is 0.623 bits per heavy atom. The van der Waals surface area contributed by atoms with Gasteiger partial charge in [-0.3, -0.25) is 95.9 Å². The summed E-state index contributed by atoms with van der Waals surface area (Å²) in [7, 11) is 0. The van der Waals surface area contributed by atoms with Crippen molar-refractivity contribution in [3.63, 3.8) is 0 Å². The Balaban J connectivity index is 2.12. The highest BCUT2D eigenvalue weighted by Gasteiger charge is 2.42. The van der Waals surface area contributed by atoms with Crippen LogP contribution in [0, 0.1) is 17.8 Å². The van der Waals surface area contributed by atoms with Crippen molar-refractivity contribution in [2.24, 2.45) is 29.2 Å². The molecular formula is C98H152N16O30S2. The van der Waals surface area contributed by atoms with Crippen molar-refractivity contribution in [1.82, 2.24) is 74.4 Å². The Labute approximate surface area is 860 Å². The SMILES string of the molecule is CC(=O)NCSC[C@H](NC(=O)OC(C)(C)C)C(=O)N[C@@H](CC(C)C)C(=O)N[C@@H](CC(N)=O)C(=O)N[C@@H](CCC(=O)OC(C)(C)C)C(=O)N[C@@H](CC(C)C)C(=O)N[C@@H](CC(=O)OC(C)(C)C)C(=O)N[C@@H](C)C(=O)N[C@@H](CC(=O)OC(C)(C)C)C(=O)N[C@@H](CCC(=O)OC(C)(C)C)C(=O)N[C@@H](CCC(N)=O)C(=O)N[C@@H](C)C(=O)N[C@@H](CC(=O)OC(C)(C)C)C(=O)N[C@@H](CC(C)C)C(=O)Oc1cccc2c1oc1c(S)cccc12. The number of rotatable bonds is 54. The Morgan fingerprint density at radius 3 is 0.986 bits per heavy atom. The van der Waals surface area contributed by atoms with Crippen molar-refractivity contribution in [3.05, 3.63) is 36.4 Å². The van der Waals surface area contributed by atoms with Crippen LogP contribution in [0.1, 0.15) is 270 Å². The molecule has 0 radical (unpaired) electrons. The van der Waals surface area contributed by atoms with Gasteiger partial charge < -0.3 is 123 Å². The zero-order chi connectivity index (χ0) is 112. The molecule has 0 aliphatic heterocycles. The summed E-state index contributed by atoms with van der Waals surface area (Å²) in [5.41, 5.74) is 4.94. The van der Waals surface area contributed by atoms with Gasteiger partial charge in [0.05, 0.1) is 31.6 Å². The monoisotopic (exact) mass is 2100 g/mol. The van der Waals surface area contributed by atoms with Crippen LogP contribution >= 0.6 is 24.4 Å². The number of hydrogen-bond donors (Lipinski definition) is 17. The predicted octanol–water partition coefficient (Wildman–Crippen LogP) is 4.08. The number of benzene rings is 2. The van der Waals surface area contributed by atoms with Crippen LogP contribution < -0.4 is 90.6 Å². The van der Waals surface area contributed by atoms with E-state index in [2.05, 4.69) is 87.1 Å². The molecule has 3 rings (SSSR count). The van der Waals surface area contributed by atoms with Crippen molar-refractivity contribution in [3.8, 4) is 5.75 Å². The van der Waals surface area contributed by atoms with Gasteiger partial charge in [-0.2, -0.15) is 0 Å². The first kappa shape index (κ1) is 127. The molecule has 0 spiro atoms. The van der Waals surface area contributed by atoms with Crippen molar-refractivity contribution >= 4 is 177 Å². The van der Waals surface area contributed by atoms with Crippen LogP contribution in [-0.4, -0.2) is 254 Å². The highest BCUT2D eigenvalue weighted by atomic mass is 32.2. The first-order valence-electron chi connectivity index (χ1n) is 48.0. The Bertz CT molecular complexity index is 5150. The lowest BCUT2D eigenvalue weighted by Gasteiger charge is -2.29. The van der Waals surface area contributed by atoms with Crippen molar-refractivity contribution in [2.75, 3.05) is 11.6 Å². The van der Waals surface area contributed by atoms with Crippen LogP contribution in [0.3, 0.4) is 0 Å². The van der Waals surface area contributed by atoms with Gasteiger partial charge in [0.25, 0.3) is 0 Å². The molecular weight excluding hydrogens is 1950 g/mol. The number of primary amides is 2. The van der Waals surface area contributed by atoms with Crippen LogP contribution in [0.2, 0.25) is 0 Å². The zero-order valence-corrected chi connectivity index (χ0v) is 90.3. The van der Waals surface area contributed by atoms with E-state index in [1.165, 1.54) is 75.3 Å². The number of hydrogen-bond acceptors (Lipinski definition) is 32. The first-order chi connectivity index (χ1) is 67.1. The van der Waals surface area contributed by atoms with Crippen molar-refractivity contribution < 1.29 is 143 Å². The summed E-state index contributed by atoms with van der Waals surface area (Å²) in [5, 5.41) is 35.4. The smallest absolute Gasteiger partial charge is 0.408 e. The molecule has 1 heterocycles. The molecule has 16 amide bonds. The molecule has 0 fully saturated rings. The van der Waals surface area contributed by atoms with E-state index < -0.39 is 313 Å². The molecule has 0 aliphatic rings. The maximum atomic E-state index is 15.0. The summed E-state index contributed by atoms with van der Waals surface area (Å²) in [4.78, 5) is 309. The van der Waals surface area contributed by atoms with Crippen molar-refractivity contribution in [2.45, 2.75) is 387 Å². The number of nitrogens with one attached hydrogen (secondary N) is 14. The molecule has 146 heavy (non-hydrogen) atoms. The van der Waals surface area contributed by atoms with Gasteiger partial charge in [0.15, 0.2) is 11.3 Å². The second kappa shape index (κ2) is 57.3. The molecule has 1 aromatic heterocycles. The Morgan fingerprint density at radius 1 is 0.329 bits per heavy atom. The highest BCUT2D eigenvalue weighted by molar-refractivity contribution is 7.99. The average molecular weight is 2100 g/mol. The van der Waals surface area contributed by atoms with Gasteiger partial charge >= 0.3 is 41.9 Å². The lowest BCUT2D eigenvalue weighted by Crippen LogP contribution is -2.61. The van der Waals surface area contributed by atoms with Gasteiger partial charge in [0.1, 0.15) is 118 Å². The number of para-hydroxylation sites is 2. The molecule has 18 N–H and O–H groups in total. The van der Waals surface area contributed by atoms with Gasteiger partial charge in [-0.25, -0.2) is 9.59 Å². The number of alkyl carbamates (subject to hydrolysis) is 1.